The molecule has 0 aromatic heterocycles. The van der Waals surface area contributed by atoms with Gasteiger partial charge in [0.25, 0.3) is 0 Å². The SMILES string of the molecule is CCC(=O)OC1CC1c1cc(-c2ccccc2)c(OCC(F)(F)F)c(Cl)c1SC. The van der Waals surface area contributed by atoms with Crippen molar-refractivity contribution < 1.29 is 27.4 Å². The van der Waals surface area contributed by atoms with Crippen molar-refractivity contribution in [2.45, 2.75) is 42.9 Å². The maximum absolute atomic E-state index is 12.8. The molecule has 0 saturated heterocycles. The number of alkyl halides is 3. The molecule has 2 aromatic rings. The summed E-state index contributed by atoms with van der Waals surface area (Å²) in [6.45, 7) is 0.296. The number of carbonyl (C=O) groups excluding carboxylic acids is 1. The first kappa shape index (κ1) is 21.8. The van der Waals surface area contributed by atoms with E-state index in [9.17, 15) is 18.0 Å². The second-order valence-corrected chi connectivity index (χ2v) is 7.88. The lowest BCUT2D eigenvalue weighted by atomic mass is 9.99. The van der Waals surface area contributed by atoms with Gasteiger partial charge in [-0.05, 0) is 29.9 Å². The summed E-state index contributed by atoms with van der Waals surface area (Å²) in [6.07, 6.45) is -1.97. The summed E-state index contributed by atoms with van der Waals surface area (Å²) in [7, 11) is 0. The molecule has 3 rings (SSSR count). The van der Waals surface area contributed by atoms with Crippen LogP contribution in [0, 0.1) is 0 Å². The van der Waals surface area contributed by atoms with E-state index in [1.807, 2.05) is 12.1 Å². The van der Waals surface area contributed by atoms with Crippen LogP contribution in [0.25, 0.3) is 11.1 Å². The van der Waals surface area contributed by atoms with E-state index in [1.165, 1.54) is 11.8 Å². The van der Waals surface area contributed by atoms with Crippen molar-refractivity contribution in [1.82, 2.24) is 0 Å². The van der Waals surface area contributed by atoms with Gasteiger partial charge >= 0.3 is 12.1 Å². The predicted octanol–water partition coefficient (Wildman–Crippen LogP) is 6.48. The second kappa shape index (κ2) is 8.88. The number of rotatable bonds is 7. The van der Waals surface area contributed by atoms with Gasteiger partial charge in [-0.25, -0.2) is 0 Å². The van der Waals surface area contributed by atoms with E-state index in [0.29, 0.717) is 28.9 Å². The molecule has 0 heterocycles. The fraction of sp³-hybridized carbons (Fsp3) is 0.381. The average Bonchev–Trinajstić information content (AvgIpc) is 3.45. The Hall–Kier alpha value is -1.86. The van der Waals surface area contributed by atoms with Crippen molar-refractivity contribution in [3.63, 3.8) is 0 Å². The highest BCUT2D eigenvalue weighted by Crippen LogP contribution is 2.52. The molecule has 1 aliphatic rings. The van der Waals surface area contributed by atoms with Gasteiger partial charge in [-0.15, -0.1) is 11.8 Å². The first-order valence-electron chi connectivity index (χ1n) is 9.10. The molecule has 3 nitrogen and oxygen atoms in total. The molecule has 0 N–H and O–H groups in total. The predicted molar refractivity (Wildman–Crippen MR) is 108 cm³/mol. The Morgan fingerprint density at radius 2 is 1.97 bits per heavy atom. The third-order valence-electron chi connectivity index (χ3n) is 4.58. The first-order valence-corrected chi connectivity index (χ1v) is 10.7. The van der Waals surface area contributed by atoms with E-state index in [0.717, 1.165) is 5.56 Å². The summed E-state index contributed by atoms with van der Waals surface area (Å²) in [5, 5.41) is 0.144. The van der Waals surface area contributed by atoms with Crippen molar-refractivity contribution in [2.24, 2.45) is 0 Å². The zero-order valence-corrected chi connectivity index (χ0v) is 17.5. The van der Waals surface area contributed by atoms with Gasteiger partial charge in [-0.1, -0.05) is 48.9 Å². The molecule has 1 aliphatic carbocycles. The highest BCUT2D eigenvalue weighted by molar-refractivity contribution is 7.98. The minimum absolute atomic E-state index is 0.00560. The third-order valence-corrected chi connectivity index (χ3v) is 5.90. The maximum Gasteiger partial charge on any atom is 0.422 e. The van der Waals surface area contributed by atoms with E-state index in [4.69, 9.17) is 21.1 Å². The van der Waals surface area contributed by atoms with Gasteiger partial charge in [0.1, 0.15) is 11.9 Å². The molecule has 0 amide bonds. The van der Waals surface area contributed by atoms with E-state index in [-0.39, 0.29) is 28.8 Å². The molecular weight excluding hydrogens is 425 g/mol. The minimum atomic E-state index is -4.48. The Kier molecular flexibility index (Phi) is 6.69. The molecule has 1 fully saturated rings. The van der Waals surface area contributed by atoms with Gasteiger partial charge in [-0.3, -0.25) is 4.79 Å². The average molecular weight is 445 g/mol. The molecule has 1 saturated carbocycles. The lowest BCUT2D eigenvalue weighted by Gasteiger charge is -2.20. The van der Waals surface area contributed by atoms with Crippen LogP contribution in [0.3, 0.4) is 0 Å². The highest BCUT2D eigenvalue weighted by atomic mass is 35.5. The molecule has 2 aromatic carbocycles. The molecule has 8 heteroatoms. The smallest absolute Gasteiger partial charge is 0.422 e. The number of hydrogen-bond acceptors (Lipinski definition) is 4. The molecule has 29 heavy (non-hydrogen) atoms. The summed E-state index contributed by atoms with van der Waals surface area (Å²) in [5.41, 5.74) is 2.04. The molecule has 0 bridgehead atoms. The van der Waals surface area contributed by atoms with E-state index >= 15 is 0 Å². The lowest BCUT2D eigenvalue weighted by molar-refractivity contribution is -0.153. The summed E-state index contributed by atoms with van der Waals surface area (Å²) >= 11 is 7.86. The fourth-order valence-electron chi connectivity index (χ4n) is 3.13. The third kappa shape index (κ3) is 5.20. The Morgan fingerprint density at radius 1 is 1.28 bits per heavy atom. The normalized spacial score (nSPS) is 18.4. The van der Waals surface area contributed by atoms with Crippen molar-refractivity contribution in [3.05, 3.63) is 47.0 Å². The molecule has 0 radical (unpaired) electrons. The topological polar surface area (TPSA) is 35.5 Å². The number of ether oxygens (including phenoxy) is 2. The van der Waals surface area contributed by atoms with Crippen LogP contribution < -0.4 is 4.74 Å². The van der Waals surface area contributed by atoms with Crippen LogP contribution >= 0.6 is 23.4 Å². The Bertz CT molecular complexity index is 887. The van der Waals surface area contributed by atoms with Gasteiger partial charge in [0.05, 0.1) is 5.02 Å². The van der Waals surface area contributed by atoms with Gasteiger partial charge in [0.15, 0.2) is 6.61 Å². The first-order chi connectivity index (χ1) is 13.7. The largest absolute Gasteiger partial charge is 0.482 e. The van der Waals surface area contributed by atoms with Crippen LogP contribution in [-0.2, 0) is 9.53 Å². The van der Waals surface area contributed by atoms with Crippen LogP contribution in [-0.4, -0.2) is 31.1 Å². The lowest BCUT2D eigenvalue weighted by Crippen LogP contribution is -2.20. The van der Waals surface area contributed by atoms with Gasteiger partial charge in [0.2, 0.25) is 0 Å². The van der Waals surface area contributed by atoms with Crippen molar-refractivity contribution in [3.8, 4) is 16.9 Å². The van der Waals surface area contributed by atoms with Crippen LogP contribution in [0.2, 0.25) is 5.02 Å². The standard InChI is InChI=1S/C21H20ClF3O3S/c1-3-17(26)28-16-10-14(16)15-9-13(12-7-5-4-6-8-12)19(18(22)20(15)29-2)27-11-21(23,24)25/h4-9,14,16H,3,10-11H2,1-2H3. The fourth-order valence-corrected chi connectivity index (χ4v) is 4.34. The number of benzene rings is 2. The van der Waals surface area contributed by atoms with Crippen molar-refractivity contribution >= 4 is 29.3 Å². The highest BCUT2D eigenvalue weighted by Gasteiger charge is 2.44. The zero-order chi connectivity index (χ0) is 21.2. The summed E-state index contributed by atoms with van der Waals surface area (Å²) in [6, 6.07) is 10.8. The van der Waals surface area contributed by atoms with Gasteiger partial charge < -0.3 is 9.47 Å². The maximum atomic E-state index is 12.8. The van der Waals surface area contributed by atoms with Crippen LogP contribution in [0.4, 0.5) is 13.2 Å². The Labute approximate surface area is 176 Å². The van der Waals surface area contributed by atoms with Crippen molar-refractivity contribution in [1.29, 1.82) is 0 Å². The minimum Gasteiger partial charge on any atom is -0.482 e. The Morgan fingerprint density at radius 3 is 2.55 bits per heavy atom. The van der Waals surface area contributed by atoms with Crippen LogP contribution in [0.5, 0.6) is 5.75 Å². The molecule has 156 valence electrons. The molecular formula is C21H20ClF3O3S. The second-order valence-electron chi connectivity index (χ2n) is 6.68. The zero-order valence-electron chi connectivity index (χ0n) is 15.9. The van der Waals surface area contributed by atoms with E-state index < -0.39 is 12.8 Å². The number of halogens is 4. The van der Waals surface area contributed by atoms with Crippen LogP contribution in [0.1, 0.15) is 31.2 Å². The van der Waals surface area contributed by atoms with Gasteiger partial charge in [0, 0.05) is 22.8 Å². The van der Waals surface area contributed by atoms with Gasteiger partial charge in [-0.2, -0.15) is 13.2 Å². The number of thioether (sulfide) groups is 1. The monoisotopic (exact) mass is 444 g/mol. The van der Waals surface area contributed by atoms with Crippen LogP contribution in [0.15, 0.2) is 41.3 Å². The summed E-state index contributed by atoms with van der Waals surface area (Å²) in [5.74, 6) is -0.307. The summed E-state index contributed by atoms with van der Waals surface area (Å²) in [4.78, 5) is 12.2. The number of esters is 1. The van der Waals surface area contributed by atoms with E-state index in [1.54, 1.807) is 37.4 Å². The summed E-state index contributed by atoms with van der Waals surface area (Å²) < 4.78 is 48.9. The quantitative estimate of drug-likeness (QED) is 0.361. The molecule has 0 aliphatic heterocycles. The van der Waals surface area contributed by atoms with E-state index in [2.05, 4.69) is 0 Å². The van der Waals surface area contributed by atoms with Crippen molar-refractivity contribution in [2.75, 3.05) is 12.9 Å². The molecule has 2 unspecified atom stereocenters. The molecule has 2 atom stereocenters. The Balaban J connectivity index is 2.04. The molecule has 0 spiro atoms. The number of hydrogen-bond donors (Lipinski definition) is 0. The number of carbonyl (C=O) groups is 1.